The number of nitrogens with one attached hydrogen (secondary N) is 1. The van der Waals surface area contributed by atoms with Crippen molar-refractivity contribution in [2.24, 2.45) is 0 Å². The molecule has 2 N–H and O–H groups in total. The van der Waals surface area contributed by atoms with E-state index in [2.05, 4.69) is 20.2 Å². The SMILES string of the molecule is OCc1ccc(Oc2cc(-c3nccs3)c3oc(N4CC5CC(C4)N5)nc3c2)nc1. The lowest BCUT2D eigenvalue weighted by Gasteiger charge is -2.47. The lowest BCUT2D eigenvalue weighted by atomic mass is 9.92. The van der Waals surface area contributed by atoms with E-state index in [0.717, 1.165) is 34.7 Å². The summed E-state index contributed by atoms with van der Waals surface area (Å²) in [6.45, 7) is 1.75. The zero-order valence-electron chi connectivity index (χ0n) is 16.0. The number of rotatable bonds is 5. The first-order chi connectivity index (χ1) is 14.7. The molecule has 2 atom stereocenters. The summed E-state index contributed by atoms with van der Waals surface area (Å²) in [7, 11) is 0. The third-order valence-electron chi connectivity index (χ3n) is 5.51. The summed E-state index contributed by atoms with van der Waals surface area (Å²) in [5.74, 6) is 1.06. The molecule has 0 radical (unpaired) electrons. The highest BCUT2D eigenvalue weighted by Gasteiger charge is 2.38. The van der Waals surface area contributed by atoms with Gasteiger partial charge in [0.2, 0.25) is 5.88 Å². The maximum atomic E-state index is 9.19. The number of nitrogens with zero attached hydrogens (tertiary/aromatic N) is 4. The number of oxazole rings is 1. The van der Waals surface area contributed by atoms with Crippen molar-refractivity contribution >= 4 is 28.5 Å². The molecule has 0 amide bonds. The fourth-order valence-electron chi connectivity index (χ4n) is 4.06. The Balaban J connectivity index is 1.39. The van der Waals surface area contributed by atoms with Crippen molar-refractivity contribution in [1.82, 2.24) is 20.3 Å². The second kappa shape index (κ2) is 7.05. The van der Waals surface area contributed by atoms with Crippen LogP contribution in [0.25, 0.3) is 21.7 Å². The van der Waals surface area contributed by atoms with Crippen molar-refractivity contribution in [3.63, 3.8) is 0 Å². The summed E-state index contributed by atoms with van der Waals surface area (Å²) in [4.78, 5) is 15.7. The third kappa shape index (κ3) is 3.11. The van der Waals surface area contributed by atoms with Crippen LogP contribution in [0.1, 0.15) is 12.0 Å². The van der Waals surface area contributed by atoms with Gasteiger partial charge in [-0.2, -0.15) is 4.98 Å². The van der Waals surface area contributed by atoms with E-state index in [1.54, 1.807) is 35.9 Å². The van der Waals surface area contributed by atoms with Gasteiger partial charge in [0, 0.05) is 55.1 Å². The van der Waals surface area contributed by atoms with Gasteiger partial charge in [-0.05, 0) is 24.1 Å². The minimum absolute atomic E-state index is 0.0527. The monoisotopic (exact) mass is 421 g/mol. The number of aliphatic hydroxyl groups excluding tert-OH is 1. The van der Waals surface area contributed by atoms with Gasteiger partial charge in [-0.1, -0.05) is 0 Å². The van der Waals surface area contributed by atoms with Crippen LogP contribution >= 0.6 is 11.3 Å². The van der Waals surface area contributed by atoms with Crippen LogP contribution < -0.4 is 15.0 Å². The Morgan fingerprint density at radius 2 is 2.10 bits per heavy atom. The normalized spacial score (nSPS) is 20.4. The molecule has 6 heterocycles. The Labute approximate surface area is 176 Å². The van der Waals surface area contributed by atoms with Crippen LogP contribution in [0.5, 0.6) is 11.6 Å². The summed E-state index contributed by atoms with van der Waals surface area (Å²) in [6.07, 6.45) is 4.59. The minimum atomic E-state index is -0.0527. The maximum absolute atomic E-state index is 9.19. The molecule has 3 saturated heterocycles. The predicted molar refractivity (Wildman–Crippen MR) is 113 cm³/mol. The molecular weight excluding hydrogens is 402 g/mol. The Hall–Kier alpha value is -3.01. The second-order valence-corrected chi connectivity index (χ2v) is 8.51. The van der Waals surface area contributed by atoms with E-state index in [1.165, 1.54) is 6.42 Å². The van der Waals surface area contributed by atoms with Crippen molar-refractivity contribution < 1.29 is 14.3 Å². The van der Waals surface area contributed by atoms with Crippen LogP contribution in [0.2, 0.25) is 0 Å². The van der Waals surface area contributed by atoms with E-state index in [-0.39, 0.29) is 6.61 Å². The van der Waals surface area contributed by atoms with Crippen LogP contribution in [0.4, 0.5) is 6.01 Å². The molecule has 3 aliphatic heterocycles. The summed E-state index contributed by atoms with van der Waals surface area (Å²) in [5.41, 5.74) is 3.02. The highest BCUT2D eigenvalue weighted by molar-refractivity contribution is 7.13. The molecule has 4 aromatic rings. The van der Waals surface area contributed by atoms with Crippen LogP contribution in [-0.4, -0.2) is 45.2 Å². The first-order valence-corrected chi connectivity index (χ1v) is 10.7. The summed E-state index contributed by atoms with van der Waals surface area (Å²) >= 11 is 1.54. The van der Waals surface area contributed by atoms with E-state index in [0.29, 0.717) is 35.3 Å². The molecule has 8 nitrogen and oxygen atoms in total. The van der Waals surface area contributed by atoms with Gasteiger partial charge in [0.05, 0.1) is 12.2 Å². The number of aromatic nitrogens is 3. The third-order valence-corrected chi connectivity index (χ3v) is 6.32. The van der Waals surface area contributed by atoms with Crippen molar-refractivity contribution in [3.05, 3.63) is 47.6 Å². The fourth-order valence-corrected chi connectivity index (χ4v) is 4.71. The zero-order chi connectivity index (χ0) is 20.1. The Morgan fingerprint density at radius 1 is 1.23 bits per heavy atom. The molecule has 1 aromatic carbocycles. The molecule has 0 saturated carbocycles. The highest BCUT2D eigenvalue weighted by Crippen LogP contribution is 2.38. The number of hydrogen-bond acceptors (Lipinski definition) is 9. The van der Waals surface area contributed by atoms with Gasteiger partial charge in [-0.15, -0.1) is 11.3 Å². The van der Waals surface area contributed by atoms with Crippen molar-refractivity contribution in [1.29, 1.82) is 0 Å². The van der Waals surface area contributed by atoms with Gasteiger partial charge in [-0.3, -0.25) is 0 Å². The van der Waals surface area contributed by atoms with Gasteiger partial charge in [0.15, 0.2) is 5.58 Å². The standard InChI is InChI=1S/C21H19N5O3S/c27-11-12-1-2-18(23-8-12)28-15-6-16(20-22-3-4-30-20)19-17(7-15)25-21(29-19)26-9-13-5-14(10-26)24-13/h1-4,6-8,13-14,24,27H,5,9-11H2. The molecule has 2 bridgehead atoms. The molecule has 3 aliphatic rings. The largest absolute Gasteiger partial charge is 0.439 e. The number of hydrogen-bond donors (Lipinski definition) is 2. The number of piperazine rings is 1. The first kappa shape index (κ1) is 17.8. The quantitative estimate of drug-likeness (QED) is 0.507. The van der Waals surface area contributed by atoms with E-state index in [1.807, 2.05) is 17.5 Å². The number of fused-ring (bicyclic) bond motifs is 3. The van der Waals surface area contributed by atoms with E-state index in [9.17, 15) is 5.11 Å². The molecule has 9 heteroatoms. The van der Waals surface area contributed by atoms with Gasteiger partial charge >= 0.3 is 0 Å². The van der Waals surface area contributed by atoms with Gasteiger partial charge in [0.25, 0.3) is 6.01 Å². The summed E-state index contributed by atoms with van der Waals surface area (Å²) < 4.78 is 12.2. The zero-order valence-corrected chi connectivity index (χ0v) is 16.8. The number of thiazole rings is 1. The predicted octanol–water partition coefficient (Wildman–Crippen LogP) is 3.18. The molecular formula is C21H19N5O3S. The van der Waals surface area contributed by atoms with Gasteiger partial charge < -0.3 is 24.5 Å². The van der Waals surface area contributed by atoms with Crippen LogP contribution in [0.15, 0.2) is 46.5 Å². The molecule has 2 unspecified atom stereocenters. The Kier molecular flexibility index (Phi) is 4.19. The number of benzene rings is 1. The topological polar surface area (TPSA) is 96.5 Å². The van der Waals surface area contributed by atoms with Gasteiger partial charge in [-0.25, -0.2) is 9.97 Å². The average Bonchev–Trinajstić information content (AvgIpc) is 3.43. The molecule has 3 aromatic heterocycles. The smallest absolute Gasteiger partial charge is 0.298 e. The highest BCUT2D eigenvalue weighted by atomic mass is 32.1. The number of ether oxygens (including phenoxy) is 1. The molecule has 30 heavy (non-hydrogen) atoms. The summed E-state index contributed by atoms with van der Waals surface area (Å²) in [6, 6.07) is 8.97. The number of piperidine rings is 1. The van der Waals surface area contributed by atoms with Crippen molar-refractivity contribution in [2.45, 2.75) is 25.1 Å². The fraction of sp³-hybridized carbons (Fsp3) is 0.286. The molecule has 152 valence electrons. The number of aliphatic hydroxyl groups is 1. The van der Waals surface area contributed by atoms with Crippen LogP contribution in [-0.2, 0) is 6.61 Å². The van der Waals surface area contributed by atoms with Crippen LogP contribution in [0, 0.1) is 0 Å². The summed E-state index contributed by atoms with van der Waals surface area (Å²) in [5, 5.41) is 15.5. The molecule has 0 aliphatic carbocycles. The molecule has 3 fully saturated rings. The lowest BCUT2D eigenvalue weighted by molar-refractivity contribution is 0.220. The lowest BCUT2D eigenvalue weighted by Crippen LogP contribution is -2.67. The minimum Gasteiger partial charge on any atom is -0.439 e. The van der Waals surface area contributed by atoms with Crippen LogP contribution in [0.3, 0.4) is 0 Å². The van der Waals surface area contributed by atoms with Gasteiger partial charge in [0.1, 0.15) is 16.3 Å². The second-order valence-electron chi connectivity index (χ2n) is 7.62. The van der Waals surface area contributed by atoms with E-state index in [4.69, 9.17) is 14.1 Å². The maximum Gasteiger partial charge on any atom is 0.298 e. The van der Waals surface area contributed by atoms with Crippen molar-refractivity contribution in [2.75, 3.05) is 18.0 Å². The van der Waals surface area contributed by atoms with E-state index >= 15 is 0 Å². The first-order valence-electron chi connectivity index (χ1n) is 9.84. The molecule has 7 rings (SSSR count). The number of pyridine rings is 1. The average molecular weight is 421 g/mol. The molecule has 0 spiro atoms. The number of anilines is 1. The van der Waals surface area contributed by atoms with E-state index < -0.39 is 0 Å². The van der Waals surface area contributed by atoms with Crippen molar-refractivity contribution in [3.8, 4) is 22.2 Å². The Morgan fingerprint density at radius 3 is 2.80 bits per heavy atom. The Bertz CT molecular complexity index is 1180.